The predicted molar refractivity (Wildman–Crippen MR) is 134 cm³/mol. The van der Waals surface area contributed by atoms with Crippen LogP contribution in [0.1, 0.15) is 0 Å². The Labute approximate surface area is 230 Å². The molecule has 0 atom stereocenters. The molecule has 0 saturated heterocycles. The van der Waals surface area contributed by atoms with Crippen LogP contribution in [-0.4, -0.2) is 34.4 Å². The number of fused-ring (bicyclic) bond motifs is 6. The molecule has 0 aliphatic rings. The van der Waals surface area contributed by atoms with E-state index in [1.165, 1.54) is 0 Å². The van der Waals surface area contributed by atoms with Gasteiger partial charge in [0.05, 0.1) is 22.1 Å². The van der Waals surface area contributed by atoms with E-state index in [0.717, 1.165) is 43.6 Å². The van der Waals surface area contributed by atoms with Gasteiger partial charge in [0.25, 0.3) is 0 Å². The Balaban J connectivity index is 0.000000202. The first-order valence-electron chi connectivity index (χ1n) is 10.8. The van der Waals surface area contributed by atoms with E-state index in [1.54, 1.807) is 24.8 Å². The SMILES string of the molecule is F[B-](F)(F)F.F[B-](F)(F)F.[Pd+2].c1cnc2c(c1)ccc1cccnc12.c1cnc2c(c1)ccc1cccnc12. The van der Waals surface area contributed by atoms with Crippen molar-refractivity contribution in [3.05, 3.63) is 97.6 Å². The smallest absolute Gasteiger partial charge is 0.418 e. The fourth-order valence-corrected chi connectivity index (χ4v) is 3.36. The maximum absolute atomic E-state index is 9.75. The van der Waals surface area contributed by atoms with Crippen LogP contribution >= 0.6 is 0 Å². The summed E-state index contributed by atoms with van der Waals surface area (Å²) in [6.45, 7) is 0. The van der Waals surface area contributed by atoms with Crippen LogP contribution in [0.3, 0.4) is 0 Å². The molecule has 0 spiro atoms. The summed E-state index contributed by atoms with van der Waals surface area (Å²) in [5.74, 6) is 0. The van der Waals surface area contributed by atoms with Crippen molar-refractivity contribution >= 4 is 58.1 Å². The van der Waals surface area contributed by atoms with E-state index in [0.29, 0.717) is 0 Å². The van der Waals surface area contributed by atoms with Gasteiger partial charge < -0.3 is 34.5 Å². The van der Waals surface area contributed by atoms with E-state index in [4.69, 9.17) is 0 Å². The summed E-state index contributed by atoms with van der Waals surface area (Å²) in [7, 11) is -12.0. The second-order valence-corrected chi connectivity index (χ2v) is 7.42. The standard InChI is InChI=1S/2C12H8N2.2BF4.Pd/c2*1-3-9-5-6-10-4-2-8-14-12(10)11(9)13-7-1;2*2-1(3,4)5;/h2*1-8H;;;/q;;2*-1;+2. The Hall–Kier alpha value is -3.69. The quantitative estimate of drug-likeness (QED) is 0.0956. The van der Waals surface area contributed by atoms with Crippen LogP contribution in [0.2, 0.25) is 0 Å². The van der Waals surface area contributed by atoms with Gasteiger partial charge in [0.1, 0.15) is 0 Å². The number of rotatable bonds is 0. The van der Waals surface area contributed by atoms with Gasteiger partial charge in [-0.1, -0.05) is 48.5 Å². The largest absolute Gasteiger partial charge is 2.00 e. The first kappa shape index (κ1) is 31.5. The van der Waals surface area contributed by atoms with Crippen molar-refractivity contribution in [2.45, 2.75) is 0 Å². The molecule has 0 amide bonds. The van der Waals surface area contributed by atoms with Crippen molar-refractivity contribution in [1.29, 1.82) is 0 Å². The summed E-state index contributed by atoms with van der Waals surface area (Å²) in [5, 5.41) is 4.55. The molecule has 4 aromatic heterocycles. The summed E-state index contributed by atoms with van der Waals surface area (Å²) in [6.07, 6.45) is 7.21. The molecular weight excluding hydrogens is 624 g/mol. The Morgan fingerprint density at radius 3 is 0.718 bits per heavy atom. The molecule has 204 valence electrons. The number of hydrogen-bond acceptors (Lipinski definition) is 4. The number of benzene rings is 2. The molecule has 0 bridgehead atoms. The van der Waals surface area contributed by atoms with E-state index >= 15 is 0 Å². The fraction of sp³-hybridized carbons (Fsp3) is 0. The van der Waals surface area contributed by atoms with Crippen LogP contribution in [-0.2, 0) is 20.4 Å². The Bertz CT molecular complexity index is 1410. The molecule has 6 aromatic rings. The van der Waals surface area contributed by atoms with Gasteiger partial charge in [-0.3, -0.25) is 19.9 Å². The Morgan fingerprint density at radius 1 is 0.359 bits per heavy atom. The van der Waals surface area contributed by atoms with Gasteiger partial charge in [-0.05, 0) is 24.3 Å². The zero-order valence-electron chi connectivity index (χ0n) is 19.5. The van der Waals surface area contributed by atoms with Crippen molar-refractivity contribution < 1.29 is 54.9 Å². The van der Waals surface area contributed by atoms with E-state index in [9.17, 15) is 34.5 Å². The van der Waals surface area contributed by atoms with Crippen molar-refractivity contribution in [3.63, 3.8) is 0 Å². The number of halogens is 8. The molecule has 4 nitrogen and oxygen atoms in total. The van der Waals surface area contributed by atoms with Crippen LogP contribution in [0.4, 0.5) is 34.5 Å². The van der Waals surface area contributed by atoms with Crippen molar-refractivity contribution in [1.82, 2.24) is 19.9 Å². The number of hydrogen-bond donors (Lipinski definition) is 0. The molecule has 0 unspecified atom stereocenters. The molecule has 15 heteroatoms. The molecule has 2 aromatic carbocycles. The zero-order chi connectivity index (χ0) is 27.8. The van der Waals surface area contributed by atoms with E-state index in [1.807, 2.05) is 24.3 Å². The predicted octanol–water partition coefficient (Wildman–Crippen LogP) is 8.16. The maximum Gasteiger partial charge on any atom is 2.00 e. The molecule has 4 heterocycles. The maximum atomic E-state index is 9.75. The summed E-state index contributed by atoms with van der Waals surface area (Å²) in [4.78, 5) is 17.4. The number of nitrogens with zero attached hydrogens (tertiary/aromatic N) is 4. The van der Waals surface area contributed by atoms with Crippen LogP contribution in [0.5, 0.6) is 0 Å². The van der Waals surface area contributed by atoms with Crippen LogP contribution in [0.25, 0.3) is 43.6 Å². The summed E-state index contributed by atoms with van der Waals surface area (Å²) < 4.78 is 78.0. The molecule has 0 saturated carbocycles. The number of pyridine rings is 4. The molecule has 0 radical (unpaired) electrons. The van der Waals surface area contributed by atoms with Crippen LogP contribution < -0.4 is 0 Å². The molecule has 0 aliphatic carbocycles. The fourth-order valence-electron chi connectivity index (χ4n) is 3.36. The second kappa shape index (κ2) is 13.9. The zero-order valence-corrected chi connectivity index (χ0v) is 21.1. The average Bonchev–Trinajstić information content (AvgIpc) is 2.87. The van der Waals surface area contributed by atoms with E-state index in [2.05, 4.69) is 68.5 Å². The molecular formula is C24H16B2F8N4Pd. The third-order valence-electron chi connectivity index (χ3n) is 4.69. The third kappa shape index (κ3) is 10.5. The normalized spacial score (nSPS) is 10.9. The Kier molecular flexibility index (Phi) is 11.2. The number of aromatic nitrogens is 4. The topological polar surface area (TPSA) is 51.6 Å². The van der Waals surface area contributed by atoms with E-state index in [-0.39, 0.29) is 20.4 Å². The van der Waals surface area contributed by atoms with Gasteiger partial charge in [-0.15, -0.1) is 0 Å². The minimum absolute atomic E-state index is 0. The van der Waals surface area contributed by atoms with Crippen LogP contribution in [0.15, 0.2) is 97.6 Å². The Morgan fingerprint density at radius 2 is 0.538 bits per heavy atom. The summed E-state index contributed by atoms with van der Waals surface area (Å²) in [5.41, 5.74) is 3.91. The summed E-state index contributed by atoms with van der Waals surface area (Å²) >= 11 is 0. The summed E-state index contributed by atoms with van der Waals surface area (Å²) in [6, 6.07) is 24.3. The minimum Gasteiger partial charge on any atom is -0.418 e. The molecule has 0 fully saturated rings. The molecule has 0 aliphatic heterocycles. The van der Waals surface area contributed by atoms with Crippen molar-refractivity contribution in [2.75, 3.05) is 0 Å². The van der Waals surface area contributed by atoms with Crippen molar-refractivity contribution in [2.24, 2.45) is 0 Å². The first-order valence-corrected chi connectivity index (χ1v) is 10.8. The molecule has 39 heavy (non-hydrogen) atoms. The van der Waals surface area contributed by atoms with Gasteiger partial charge in [-0.25, -0.2) is 0 Å². The van der Waals surface area contributed by atoms with Gasteiger partial charge in [0, 0.05) is 46.3 Å². The minimum atomic E-state index is -6.00. The molecule has 6 rings (SSSR count). The van der Waals surface area contributed by atoms with E-state index < -0.39 is 14.5 Å². The van der Waals surface area contributed by atoms with Crippen LogP contribution in [0, 0.1) is 0 Å². The molecule has 0 N–H and O–H groups in total. The van der Waals surface area contributed by atoms with Crippen molar-refractivity contribution in [3.8, 4) is 0 Å². The first-order chi connectivity index (χ1) is 17.9. The van der Waals surface area contributed by atoms with Gasteiger partial charge >= 0.3 is 34.9 Å². The second-order valence-electron chi connectivity index (χ2n) is 7.42. The van der Waals surface area contributed by atoms with Gasteiger partial charge in [-0.2, -0.15) is 0 Å². The average molecular weight is 640 g/mol. The monoisotopic (exact) mass is 640 g/mol. The van der Waals surface area contributed by atoms with Gasteiger partial charge in [0.2, 0.25) is 0 Å². The van der Waals surface area contributed by atoms with Gasteiger partial charge in [0.15, 0.2) is 0 Å². The third-order valence-corrected chi connectivity index (χ3v) is 4.69.